The van der Waals surface area contributed by atoms with Gasteiger partial charge in [0.1, 0.15) is 45.1 Å². The average molecular weight is 442 g/mol. The molecule has 12 nitrogen and oxygen atoms in total. The van der Waals surface area contributed by atoms with E-state index >= 15 is 0 Å². The molecule has 0 saturated carbocycles. The first-order valence-corrected chi connectivity index (χ1v) is 8.74. The third kappa shape index (κ3) is 9.47. The monoisotopic (exact) mass is 442 g/mol. The molecule has 0 aromatic heterocycles. The second-order valence-electron chi connectivity index (χ2n) is 6.09. The van der Waals surface area contributed by atoms with Crippen LogP contribution in [0.5, 0.6) is 0 Å². The zero-order valence-corrected chi connectivity index (χ0v) is 16.6. The van der Waals surface area contributed by atoms with Crippen molar-refractivity contribution in [3.63, 3.8) is 0 Å². The van der Waals surface area contributed by atoms with Crippen LogP contribution in [-0.2, 0) is 47.5 Å². The van der Waals surface area contributed by atoms with Crippen molar-refractivity contribution in [2.75, 3.05) is 39.6 Å². The molecular formula is C19H22O12. The van der Waals surface area contributed by atoms with Gasteiger partial charge in [-0.25, -0.2) is 24.0 Å². The molecule has 1 heterocycles. The highest BCUT2D eigenvalue weighted by molar-refractivity contribution is 5.82. The molecule has 1 aliphatic rings. The normalized spacial score (nSPS) is 14.8. The van der Waals surface area contributed by atoms with Crippen LogP contribution in [0.1, 0.15) is 0 Å². The highest BCUT2D eigenvalue weighted by atomic mass is 16.8. The van der Waals surface area contributed by atoms with Gasteiger partial charge < -0.3 is 33.2 Å². The highest BCUT2D eigenvalue weighted by Gasteiger charge is 2.38. The van der Waals surface area contributed by atoms with E-state index < -0.39 is 68.2 Å². The van der Waals surface area contributed by atoms with Gasteiger partial charge in [0.15, 0.2) is 6.10 Å². The van der Waals surface area contributed by atoms with E-state index in [4.69, 9.17) is 28.4 Å². The summed E-state index contributed by atoms with van der Waals surface area (Å²) < 4.78 is 34.0. The van der Waals surface area contributed by atoms with Crippen molar-refractivity contribution in [1.82, 2.24) is 0 Å². The summed E-state index contributed by atoms with van der Waals surface area (Å²) in [6.07, 6.45) is -0.200. The number of esters is 3. The first-order valence-electron chi connectivity index (χ1n) is 8.74. The van der Waals surface area contributed by atoms with Crippen molar-refractivity contribution in [2.45, 2.75) is 6.10 Å². The van der Waals surface area contributed by atoms with Crippen LogP contribution in [0.15, 0.2) is 38.0 Å². The number of rotatable bonds is 13. The number of cyclic esters (lactones) is 2. The maximum Gasteiger partial charge on any atom is 0.508 e. The predicted molar refractivity (Wildman–Crippen MR) is 99.4 cm³/mol. The third-order valence-electron chi connectivity index (χ3n) is 3.60. The van der Waals surface area contributed by atoms with Crippen molar-refractivity contribution < 1.29 is 57.1 Å². The van der Waals surface area contributed by atoms with Crippen LogP contribution in [0.2, 0.25) is 0 Å². The number of carbonyl (C=O) groups is 5. The summed E-state index contributed by atoms with van der Waals surface area (Å²) in [7, 11) is 0. The third-order valence-corrected chi connectivity index (χ3v) is 3.60. The largest absolute Gasteiger partial charge is 0.508 e. The topological polar surface area (TPSA) is 150 Å². The Morgan fingerprint density at radius 2 is 1.29 bits per heavy atom. The Bertz CT molecular complexity index is 666. The van der Waals surface area contributed by atoms with Crippen molar-refractivity contribution in [3.05, 3.63) is 38.0 Å². The van der Waals surface area contributed by atoms with Gasteiger partial charge in [-0.1, -0.05) is 19.7 Å². The van der Waals surface area contributed by atoms with E-state index in [1.807, 2.05) is 0 Å². The van der Waals surface area contributed by atoms with Gasteiger partial charge in [0.2, 0.25) is 0 Å². The summed E-state index contributed by atoms with van der Waals surface area (Å²) >= 11 is 0. The average Bonchev–Trinajstić information content (AvgIpc) is 3.20. The molecule has 1 rings (SSSR count). The van der Waals surface area contributed by atoms with Crippen LogP contribution < -0.4 is 0 Å². The van der Waals surface area contributed by atoms with Crippen molar-refractivity contribution >= 4 is 30.2 Å². The minimum atomic E-state index is -1.49. The first kappa shape index (κ1) is 25.2. The summed E-state index contributed by atoms with van der Waals surface area (Å²) in [5, 5.41) is 0. The summed E-state index contributed by atoms with van der Waals surface area (Å²) in [5.41, 5.74) is -1.49. The van der Waals surface area contributed by atoms with E-state index in [0.29, 0.717) is 0 Å². The van der Waals surface area contributed by atoms with Crippen LogP contribution in [0.3, 0.4) is 0 Å². The van der Waals surface area contributed by atoms with E-state index in [9.17, 15) is 24.0 Å². The fourth-order valence-electron chi connectivity index (χ4n) is 1.96. The van der Waals surface area contributed by atoms with Gasteiger partial charge >= 0.3 is 30.2 Å². The Hall–Kier alpha value is -3.83. The number of hydrogen-bond acceptors (Lipinski definition) is 12. The Kier molecular flexibility index (Phi) is 10.3. The fourth-order valence-corrected chi connectivity index (χ4v) is 1.96. The lowest BCUT2D eigenvalue weighted by Gasteiger charge is -2.30. The molecule has 1 atom stereocenters. The van der Waals surface area contributed by atoms with Gasteiger partial charge in [-0.15, -0.1) is 0 Å². The van der Waals surface area contributed by atoms with E-state index in [2.05, 4.69) is 24.5 Å². The summed E-state index contributed by atoms with van der Waals surface area (Å²) in [4.78, 5) is 57.2. The molecule has 1 aliphatic heterocycles. The molecule has 1 unspecified atom stereocenters. The molecule has 0 amide bonds. The van der Waals surface area contributed by atoms with Crippen LogP contribution in [0.25, 0.3) is 0 Å². The molecule has 0 aromatic rings. The fraction of sp³-hybridized carbons (Fsp3) is 0.421. The second kappa shape index (κ2) is 12.7. The molecule has 1 saturated heterocycles. The standard InChI is InChI=1S/C19H22O12/c1-4-14(20)27-9-19(10-28-15(21)5-2,11-29-16(22)6-3)12-30-17(23)25-7-13-8-26-18(24)31-13/h4-6,13H,1-3,7-12H2. The highest BCUT2D eigenvalue weighted by Crippen LogP contribution is 2.22. The molecule has 0 radical (unpaired) electrons. The van der Waals surface area contributed by atoms with Crippen LogP contribution in [-0.4, -0.2) is 76.0 Å². The number of hydrogen-bond donors (Lipinski definition) is 0. The molecule has 0 aromatic carbocycles. The minimum Gasteiger partial charge on any atom is -0.462 e. The maximum atomic E-state index is 11.9. The summed E-state index contributed by atoms with van der Waals surface area (Å²) in [6, 6.07) is 0. The minimum absolute atomic E-state index is 0.0947. The first-order chi connectivity index (χ1) is 14.7. The molecule has 0 aliphatic carbocycles. The van der Waals surface area contributed by atoms with Gasteiger partial charge in [-0.2, -0.15) is 0 Å². The van der Waals surface area contributed by atoms with E-state index in [1.165, 1.54) is 0 Å². The summed E-state index contributed by atoms with van der Waals surface area (Å²) in [5.74, 6) is -2.46. The molecule has 170 valence electrons. The summed E-state index contributed by atoms with van der Waals surface area (Å²) in [6.45, 7) is 7.35. The zero-order chi connectivity index (χ0) is 23.3. The molecule has 0 bridgehead atoms. The smallest absolute Gasteiger partial charge is 0.462 e. The van der Waals surface area contributed by atoms with Gasteiger partial charge in [0.25, 0.3) is 0 Å². The van der Waals surface area contributed by atoms with Crippen LogP contribution in [0.4, 0.5) is 9.59 Å². The Balaban J connectivity index is 2.82. The number of carbonyl (C=O) groups excluding carboxylic acids is 5. The van der Waals surface area contributed by atoms with Gasteiger partial charge in [0, 0.05) is 18.2 Å². The lowest BCUT2D eigenvalue weighted by atomic mass is 9.92. The molecule has 1 fully saturated rings. The molecular weight excluding hydrogens is 420 g/mol. The van der Waals surface area contributed by atoms with Gasteiger partial charge in [-0.3, -0.25) is 0 Å². The van der Waals surface area contributed by atoms with Crippen molar-refractivity contribution in [1.29, 1.82) is 0 Å². The lowest BCUT2D eigenvalue weighted by Crippen LogP contribution is -2.43. The number of ether oxygens (including phenoxy) is 7. The van der Waals surface area contributed by atoms with Crippen LogP contribution in [0, 0.1) is 5.41 Å². The van der Waals surface area contributed by atoms with Crippen molar-refractivity contribution in [2.24, 2.45) is 5.41 Å². The van der Waals surface area contributed by atoms with E-state index in [0.717, 1.165) is 18.2 Å². The maximum absolute atomic E-state index is 11.9. The molecule has 31 heavy (non-hydrogen) atoms. The van der Waals surface area contributed by atoms with Crippen LogP contribution >= 0.6 is 0 Å². The molecule has 0 spiro atoms. The SMILES string of the molecule is C=CC(=O)OCC(COC(=O)C=C)(COC(=O)C=C)COC(=O)OCC1COC(=O)O1. The Morgan fingerprint density at radius 1 is 0.839 bits per heavy atom. The second-order valence-corrected chi connectivity index (χ2v) is 6.09. The van der Waals surface area contributed by atoms with E-state index in [1.54, 1.807) is 0 Å². The Labute approximate surface area is 177 Å². The molecule has 12 heteroatoms. The van der Waals surface area contributed by atoms with Crippen molar-refractivity contribution in [3.8, 4) is 0 Å². The van der Waals surface area contributed by atoms with Gasteiger partial charge in [-0.05, 0) is 0 Å². The lowest BCUT2D eigenvalue weighted by molar-refractivity contribution is -0.159. The molecule has 0 N–H and O–H groups in total. The Morgan fingerprint density at radius 3 is 1.68 bits per heavy atom. The predicted octanol–water partition coefficient (Wildman–Crippen LogP) is 0.849. The van der Waals surface area contributed by atoms with Gasteiger partial charge in [0.05, 0.1) is 0 Å². The quantitative estimate of drug-likeness (QED) is 0.226. The van der Waals surface area contributed by atoms with E-state index in [-0.39, 0.29) is 13.2 Å². The zero-order valence-electron chi connectivity index (χ0n) is 16.6.